The number of nitrogens with one attached hydrogen (secondary N) is 2. The Balaban J connectivity index is 1.75. The van der Waals surface area contributed by atoms with Crippen LogP contribution >= 0.6 is 0 Å². The Bertz CT molecular complexity index is 1020. The van der Waals surface area contributed by atoms with Crippen molar-refractivity contribution in [3.05, 3.63) is 58.6 Å². The van der Waals surface area contributed by atoms with Gasteiger partial charge in [0.15, 0.2) is 5.58 Å². The first-order valence-electron chi connectivity index (χ1n) is 7.79. The number of hydrogen-bond donors (Lipinski definition) is 2. The van der Waals surface area contributed by atoms with E-state index in [4.69, 9.17) is 4.42 Å². The molecule has 0 atom stereocenters. The molecule has 0 aliphatic carbocycles. The first kappa shape index (κ1) is 16.5. The van der Waals surface area contributed by atoms with Crippen LogP contribution in [0.25, 0.3) is 11.1 Å². The number of para-hydroxylation sites is 1. The summed E-state index contributed by atoms with van der Waals surface area (Å²) in [5, 5.41) is 5.10. The second kappa shape index (κ2) is 6.64. The van der Waals surface area contributed by atoms with Crippen LogP contribution in [0.5, 0.6) is 0 Å². The molecule has 0 saturated heterocycles. The lowest BCUT2D eigenvalue weighted by atomic mass is 10.1. The zero-order valence-electron chi connectivity index (χ0n) is 13.8. The molecule has 25 heavy (non-hydrogen) atoms. The molecule has 3 rings (SSSR count). The monoisotopic (exact) mass is 339 g/mol. The standard InChI is InChI=1S/C18H17N3O4/c1-3-11-6-4-5-7-13(11)20-17(23)16(22)19-12-8-9-14-15(10-12)25-18(24)21(14)2/h4-10H,3H2,1-2H3,(H,19,22)(H,20,23). The average molecular weight is 339 g/mol. The molecule has 1 heterocycles. The largest absolute Gasteiger partial charge is 0.419 e. The molecule has 3 aromatic rings. The number of nitrogens with zero attached hydrogens (tertiary/aromatic N) is 1. The predicted molar refractivity (Wildman–Crippen MR) is 94.5 cm³/mol. The summed E-state index contributed by atoms with van der Waals surface area (Å²) in [4.78, 5) is 35.7. The van der Waals surface area contributed by atoms with Crippen molar-refractivity contribution >= 4 is 34.3 Å². The van der Waals surface area contributed by atoms with Crippen LogP contribution in [-0.2, 0) is 23.1 Å². The van der Waals surface area contributed by atoms with Crippen LogP contribution in [0.1, 0.15) is 12.5 Å². The van der Waals surface area contributed by atoms with Crippen molar-refractivity contribution in [3.8, 4) is 0 Å². The number of oxazole rings is 1. The molecule has 2 amide bonds. The minimum absolute atomic E-state index is 0.335. The summed E-state index contributed by atoms with van der Waals surface area (Å²) in [6, 6.07) is 12.0. The summed E-state index contributed by atoms with van der Waals surface area (Å²) in [5.74, 6) is -2.06. The van der Waals surface area contributed by atoms with Crippen molar-refractivity contribution in [2.75, 3.05) is 10.6 Å². The fourth-order valence-electron chi connectivity index (χ4n) is 2.53. The molecule has 0 spiro atoms. The SMILES string of the molecule is CCc1ccccc1NC(=O)C(=O)Nc1ccc2c(c1)oc(=O)n2C. The third kappa shape index (κ3) is 3.30. The maximum atomic E-state index is 12.1. The summed E-state index contributed by atoms with van der Waals surface area (Å²) in [6.07, 6.45) is 0.738. The molecule has 0 aliphatic rings. The van der Waals surface area contributed by atoms with Crippen LogP contribution in [-0.4, -0.2) is 16.4 Å². The Hall–Kier alpha value is -3.35. The number of aromatic nitrogens is 1. The van der Waals surface area contributed by atoms with Crippen LogP contribution in [0.15, 0.2) is 51.7 Å². The van der Waals surface area contributed by atoms with Gasteiger partial charge in [-0.05, 0) is 30.2 Å². The van der Waals surface area contributed by atoms with E-state index in [9.17, 15) is 14.4 Å². The van der Waals surface area contributed by atoms with E-state index in [1.54, 1.807) is 31.3 Å². The van der Waals surface area contributed by atoms with Gasteiger partial charge in [0, 0.05) is 24.5 Å². The van der Waals surface area contributed by atoms with Gasteiger partial charge in [-0.2, -0.15) is 0 Å². The topological polar surface area (TPSA) is 93.3 Å². The van der Waals surface area contributed by atoms with Crippen LogP contribution in [0.3, 0.4) is 0 Å². The molecule has 0 radical (unpaired) electrons. The van der Waals surface area contributed by atoms with Gasteiger partial charge >= 0.3 is 17.6 Å². The fraction of sp³-hybridized carbons (Fsp3) is 0.167. The Morgan fingerprint density at radius 3 is 2.56 bits per heavy atom. The molecular weight excluding hydrogens is 322 g/mol. The van der Waals surface area contributed by atoms with Gasteiger partial charge in [0.05, 0.1) is 5.52 Å². The van der Waals surface area contributed by atoms with Crippen LogP contribution in [0, 0.1) is 0 Å². The van der Waals surface area contributed by atoms with E-state index in [0.717, 1.165) is 12.0 Å². The van der Waals surface area contributed by atoms with E-state index in [-0.39, 0.29) is 0 Å². The number of amides is 2. The minimum atomic E-state index is -0.802. The van der Waals surface area contributed by atoms with Gasteiger partial charge in [0.2, 0.25) is 0 Å². The van der Waals surface area contributed by atoms with Crippen molar-refractivity contribution in [2.45, 2.75) is 13.3 Å². The van der Waals surface area contributed by atoms with E-state index in [0.29, 0.717) is 22.5 Å². The highest BCUT2D eigenvalue weighted by Crippen LogP contribution is 2.18. The molecule has 0 saturated carbocycles. The molecule has 7 heteroatoms. The Morgan fingerprint density at radius 1 is 1.08 bits per heavy atom. The van der Waals surface area contributed by atoms with Crippen molar-refractivity contribution in [2.24, 2.45) is 7.05 Å². The summed E-state index contributed by atoms with van der Waals surface area (Å²) in [7, 11) is 1.59. The van der Waals surface area contributed by atoms with E-state index in [2.05, 4.69) is 10.6 Å². The molecule has 0 fully saturated rings. The van der Waals surface area contributed by atoms with Crippen LogP contribution < -0.4 is 16.4 Å². The minimum Gasteiger partial charge on any atom is -0.408 e. The zero-order chi connectivity index (χ0) is 18.0. The predicted octanol–water partition coefficient (Wildman–Crippen LogP) is 2.27. The summed E-state index contributed by atoms with van der Waals surface area (Å²) in [5.41, 5.74) is 2.85. The van der Waals surface area contributed by atoms with Crippen molar-refractivity contribution < 1.29 is 14.0 Å². The smallest absolute Gasteiger partial charge is 0.408 e. The lowest BCUT2D eigenvalue weighted by molar-refractivity contribution is -0.133. The second-order valence-electron chi connectivity index (χ2n) is 5.53. The lowest BCUT2D eigenvalue weighted by Gasteiger charge is -2.09. The average Bonchev–Trinajstić information content (AvgIpc) is 2.89. The Kier molecular flexibility index (Phi) is 4.38. The molecule has 2 N–H and O–H groups in total. The van der Waals surface area contributed by atoms with Gasteiger partial charge < -0.3 is 15.1 Å². The van der Waals surface area contributed by atoms with E-state index < -0.39 is 17.6 Å². The normalized spacial score (nSPS) is 10.6. The highest BCUT2D eigenvalue weighted by molar-refractivity contribution is 6.43. The highest BCUT2D eigenvalue weighted by Gasteiger charge is 2.16. The molecule has 0 aliphatic heterocycles. The van der Waals surface area contributed by atoms with Gasteiger partial charge in [0.1, 0.15) is 0 Å². The zero-order valence-corrected chi connectivity index (χ0v) is 13.8. The van der Waals surface area contributed by atoms with E-state index in [1.807, 2.05) is 19.1 Å². The number of aryl methyl sites for hydroxylation is 2. The van der Waals surface area contributed by atoms with Gasteiger partial charge in [-0.15, -0.1) is 0 Å². The third-order valence-electron chi connectivity index (χ3n) is 3.90. The first-order valence-corrected chi connectivity index (χ1v) is 7.79. The quantitative estimate of drug-likeness (QED) is 0.716. The summed E-state index contributed by atoms with van der Waals surface area (Å²) in [6.45, 7) is 1.97. The number of benzene rings is 2. The molecule has 128 valence electrons. The van der Waals surface area contributed by atoms with Gasteiger partial charge in [0.25, 0.3) is 0 Å². The summed E-state index contributed by atoms with van der Waals surface area (Å²) < 4.78 is 6.42. The fourth-order valence-corrected chi connectivity index (χ4v) is 2.53. The number of hydrogen-bond acceptors (Lipinski definition) is 4. The van der Waals surface area contributed by atoms with Crippen molar-refractivity contribution in [3.63, 3.8) is 0 Å². The molecule has 2 aromatic carbocycles. The van der Waals surface area contributed by atoms with Crippen molar-refractivity contribution in [1.29, 1.82) is 0 Å². The molecule has 0 unspecified atom stereocenters. The highest BCUT2D eigenvalue weighted by atomic mass is 16.4. The first-order chi connectivity index (χ1) is 12.0. The maximum absolute atomic E-state index is 12.1. The number of rotatable bonds is 3. The van der Waals surface area contributed by atoms with E-state index in [1.165, 1.54) is 10.6 Å². The Labute approximate surface area is 143 Å². The van der Waals surface area contributed by atoms with Crippen LogP contribution in [0.2, 0.25) is 0 Å². The second-order valence-corrected chi connectivity index (χ2v) is 5.53. The molecule has 0 bridgehead atoms. The molecule has 7 nitrogen and oxygen atoms in total. The number of carbonyl (C=O) groups excluding carboxylic acids is 2. The van der Waals surface area contributed by atoms with Gasteiger partial charge in [-0.3, -0.25) is 14.2 Å². The number of anilines is 2. The molecular formula is C18H17N3O4. The van der Waals surface area contributed by atoms with Crippen LogP contribution in [0.4, 0.5) is 11.4 Å². The maximum Gasteiger partial charge on any atom is 0.419 e. The van der Waals surface area contributed by atoms with Gasteiger partial charge in [-0.25, -0.2) is 4.79 Å². The number of carbonyl (C=O) groups is 2. The molecule has 1 aromatic heterocycles. The van der Waals surface area contributed by atoms with E-state index >= 15 is 0 Å². The Morgan fingerprint density at radius 2 is 1.80 bits per heavy atom. The number of fused-ring (bicyclic) bond motifs is 1. The van der Waals surface area contributed by atoms with Crippen molar-refractivity contribution in [1.82, 2.24) is 4.57 Å². The summed E-state index contributed by atoms with van der Waals surface area (Å²) >= 11 is 0. The lowest BCUT2D eigenvalue weighted by Crippen LogP contribution is -2.29. The third-order valence-corrected chi connectivity index (χ3v) is 3.90. The van der Waals surface area contributed by atoms with Gasteiger partial charge in [-0.1, -0.05) is 25.1 Å².